The lowest BCUT2D eigenvalue weighted by molar-refractivity contribution is 0.282. The largest absolute Gasteiger partial charge is 0.396 e. The number of aliphatic hydroxyl groups excluding tert-OH is 1. The van der Waals surface area contributed by atoms with Crippen molar-refractivity contribution in [1.29, 1.82) is 0 Å². The summed E-state index contributed by atoms with van der Waals surface area (Å²) in [5.41, 5.74) is 0.697. The minimum absolute atomic E-state index is 0.145. The molecule has 1 unspecified atom stereocenters. The molecule has 0 saturated carbocycles. The van der Waals surface area contributed by atoms with E-state index >= 15 is 0 Å². The van der Waals surface area contributed by atoms with E-state index in [0.29, 0.717) is 11.6 Å². The molecule has 1 rings (SSSR count). The standard InChI is InChI=1S/C13H22ClN3O/c1-8(6-7-18)15-11-9(2)10(14)16-12(17-11)13(3,4)5/h8,18H,6-7H2,1-5H3,(H,15,16,17). The quantitative estimate of drug-likeness (QED) is 0.827. The molecule has 1 atom stereocenters. The first-order chi connectivity index (χ1) is 8.25. The minimum Gasteiger partial charge on any atom is -0.396 e. The van der Waals surface area contributed by atoms with Gasteiger partial charge in [0.1, 0.15) is 16.8 Å². The molecule has 2 N–H and O–H groups in total. The number of nitrogens with zero attached hydrogens (tertiary/aromatic N) is 2. The van der Waals surface area contributed by atoms with Gasteiger partial charge >= 0.3 is 0 Å². The van der Waals surface area contributed by atoms with Gasteiger partial charge in [0, 0.05) is 23.6 Å². The molecule has 0 saturated heterocycles. The van der Waals surface area contributed by atoms with Crippen molar-refractivity contribution in [2.45, 2.75) is 52.5 Å². The highest BCUT2D eigenvalue weighted by Gasteiger charge is 2.21. The molecule has 5 heteroatoms. The summed E-state index contributed by atoms with van der Waals surface area (Å²) in [4.78, 5) is 8.86. The van der Waals surface area contributed by atoms with Gasteiger partial charge in [-0.1, -0.05) is 32.4 Å². The van der Waals surface area contributed by atoms with Gasteiger partial charge in [-0.15, -0.1) is 0 Å². The van der Waals surface area contributed by atoms with Crippen LogP contribution in [0.15, 0.2) is 0 Å². The highest BCUT2D eigenvalue weighted by molar-refractivity contribution is 6.30. The second kappa shape index (κ2) is 5.85. The molecule has 1 heterocycles. The maximum Gasteiger partial charge on any atom is 0.137 e. The van der Waals surface area contributed by atoms with Crippen molar-refractivity contribution in [2.75, 3.05) is 11.9 Å². The van der Waals surface area contributed by atoms with Gasteiger partial charge in [-0.25, -0.2) is 9.97 Å². The van der Waals surface area contributed by atoms with E-state index in [1.54, 1.807) is 0 Å². The normalized spacial score (nSPS) is 13.5. The summed E-state index contributed by atoms with van der Waals surface area (Å²) in [5, 5.41) is 12.7. The first-order valence-corrected chi connectivity index (χ1v) is 6.55. The lowest BCUT2D eigenvalue weighted by atomic mass is 9.95. The summed E-state index contributed by atoms with van der Waals surface area (Å²) in [6.07, 6.45) is 0.673. The number of hydrogen-bond acceptors (Lipinski definition) is 4. The van der Waals surface area contributed by atoms with Gasteiger partial charge in [0.2, 0.25) is 0 Å². The fraction of sp³-hybridized carbons (Fsp3) is 0.692. The van der Waals surface area contributed by atoms with E-state index < -0.39 is 0 Å². The Hall–Kier alpha value is -0.870. The van der Waals surface area contributed by atoms with Crippen molar-refractivity contribution in [3.8, 4) is 0 Å². The molecule has 0 aliphatic heterocycles. The molecule has 0 fully saturated rings. The highest BCUT2D eigenvalue weighted by atomic mass is 35.5. The van der Waals surface area contributed by atoms with Crippen LogP contribution in [0.5, 0.6) is 0 Å². The topological polar surface area (TPSA) is 58.0 Å². The SMILES string of the molecule is Cc1c(Cl)nc(C(C)(C)C)nc1NC(C)CCO. The summed E-state index contributed by atoms with van der Waals surface area (Å²) in [6.45, 7) is 10.2. The number of aliphatic hydroxyl groups is 1. The zero-order valence-corrected chi connectivity index (χ0v) is 12.5. The molecule has 1 aromatic heterocycles. The summed E-state index contributed by atoms with van der Waals surface area (Å²) in [5.74, 6) is 1.47. The van der Waals surface area contributed by atoms with E-state index in [0.717, 1.165) is 17.2 Å². The molecule has 4 nitrogen and oxygen atoms in total. The molecule has 18 heavy (non-hydrogen) atoms. The van der Waals surface area contributed by atoms with Gasteiger partial charge in [0.25, 0.3) is 0 Å². The fourth-order valence-electron chi connectivity index (χ4n) is 1.46. The van der Waals surface area contributed by atoms with Gasteiger partial charge in [-0.2, -0.15) is 0 Å². The molecule has 1 aromatic rings. The number of aromatic nitrogens is 2. The minimum atomic E-state index is -0.145. The predicted octanol–water partition coefficient (Wildman–Crippen LogP) is 2.92. The first kappa shape index (κ1) is 15.2. The maximum atomic E-state index is 8.92. The Bertz CT molecular complexity index is 415. The molecule has 0 amide bonds. The van der Waals surface area contributed by atoms with Crippen molar-refractivity contribution in [1.82, 2.24) is 9.97 Å². The van der Waals surface area contributed by atoms with Gasteiger partial charge in [-0.05, 0) is 20.3 Å². The lowest BCUT2D eigenvalue weighted by Gasteiger charge is -2.21. The lowest BCUT2D eigenvalue weighted by Crippen LogP contribution is -2.22. The van der Waals surface area contributed by atoms with Crippen molar-refractivity contribution >= 4 is 17.4 Å². The van der Waals surface area contributed by atoms with Crippen LogP contribution in [0.4, 0.5) is 5.82 Å². The molecule has 0 aliphatic rings. The summed E-state index contributed by atoms with van der Waals surface area (Å²) >= 11 is 6.15. The molecule has 0 bridgehead atoms. The van der Waals surface area contributed by atoms with Crippen molar-refractivity contribution in [2.24, 2.45) is 0 Å². The first-order valence-electron chi connectivity index (χ1n) is 6.17. The third-order valence-electron chi connectivity index (χ3n) is 2.70. The zero-order chi connectivity index (χ0) is 13.9. The molecule has 0 aromatic carbocycles. The zero-order valence-electron chi connectivity index (χ0n) is 11.7. The van der Waals surface area contributed by atoms with E-state index in [-0.39, 0.29) is 18.1 Å². The van der Waals surface area contributed by atoms with E-state index in [9.17, 15) is 0 Å². The third kappa shape index (κ3) is 3.82. The van der Waals surface area contributed by atoms with Crippen LogP contribution in [0.1, 0.15) is 45.5 Å². The Kier molecular flexibility index (Phi) is 4.93. The molecule has 0 spiro atoms. The molecule has 102 valence electrons. The number of anilines is 1. The van der Waals surface area contributed by atoms with Gasteiger partial charge in [-0.3, -0.25) is 0 Å². The molecule has 0 radical (unpaired) electrons. The predicted molar refractivity (Wildman–Crippen MR) is 75.3 cm³/mol. The summed E-state index contributed by atoms with van der Waals surface area (Å²) < 4.78 is 0. The van der Waals surface area contributed by atoms with Crippen LogP contribution < -0.4 is 5.32 Å². The van der Waals surface area contributed by atoms with Gasteiger partial charge < -0.3 is 10.4 Å². The average molecular weight is 272 g/mol. The van der Waals surface area contributed by atoms with Gasteiger partial charge in [0.05, 0.1) is 0 Å². The highest BCUT2D eigenvalue weighted by Crippen LogP contribution is 2.26. The van der Waals surface area contributed by atoms with Crippen LogP contribution >= 0.6 is 11.6 Å². The van der Waals surface area contributed by atoms with Crippen molar-refractivity contribution < 1.29 is 5.11 Å². The van der Waals surface area contributed by atoms with E-state index in [1.807, 2.05) is 13.8 Å². The van der Waals surface area contributed by atoms with Crippen LogP contribution in [-0.4, -0.2) is 27.7 Å². The van der Waals surface area contributed by atoms with Crippen molar-refractivity contribution in [3.05, 3.63) is 16.5 Å². The van der Waals surface area contributed by atoms with Crippen LogP contribution in [0.25, 0.3) is 0 Å². The Morgan fingerprint density at radius 3 is 2.44 bits per heavy atom. The van der Waals surface area contributed by atoms with E-state index in [2.05, 4.69) is 36.1 Å². The average Bonchev–Trinajstić information content (AvgIpc) is 2.23. The fourth-order valence-corrected chi connectivity index (χ4v) is 1.63. The molecular weight excluding hydrogens is 250 g/mol. The molecule has 0 aliphatic carbocycles. The number of nitrogens with one attached hydrogen (secondary N) is 1. The summed E-state index contributed by atoms with van der Waals surface area (Å²) in [7, 11) is 0. The van der Waals surface area contributed by atoms with Crippen LogP contribution in [-0.2, 0) is 5.41 Å². The smallest absolute Gasteiger partial charge is 0.137 e. The Labute approximate surface area is 114 Å². The van der Waals surface area contributed by atoms with E-state index in [4.69, 9.17) is 16.7 Å². The maximum absolute atomic E-state index is 8.92. The number of halogens is 1. The van der Waals surface area contributed by atoms with Crippen molar-refractivity contribution in [3.63, 3.8) is 0 Å². The van der Waals surface area contributed by atoms with Crippen LogP contribution in [0, 0.1) is 6.92 Å². The Morgan fingerprint density at radius 2 is 1.94 bits per heavy atom. The number of hydrogen-bond donors (Lipinski definition) is 2. The number of rotatable bonds is 4. The molecular formula is C13H22ClN3O. The Morgan fingerprint density at radius 1 is 1.33 bits per heavy atom. The summed E-state index contributed by atoms with van der Waals surface area (Å²) in [6, 6.07) is 0.146. The van der Waals surface area contributed by atoms with Crippen LogP contribution in [0.3, 0.4) is 0 Å². The van der Waals surface area contributed by atoms with Crippen LogP contribution in [0.2, 0.25) is 5.15 Å². The Balaban J connectivity index is 3.07. The second-order valence-corrected chi connectivity index (χ2v) is 5.98. The van der Waals surface area contributed by atoms with Gasteiger partial charge in [0.15, 0.2) is 0 Å². The van der Waals surface area contributed by atoms with E-state index in [1.165, 1.54) is 0 Å². The monoisotopic (exact) mass is 271 g/mol. The second-order valence-electron chi connectivity index (χ2n) is 5.62. The third-order valence-corrected chi connectivity index (χ3v) is 3.07.